The van der Waals surface area contributed by atoms with Gasteiger partial charge >= 0.3 is 4.83 Å². The molecule has 0 aromatic rings. The highest BCUT2D eigenvalue weighted by Crippen LogP contribution is 2.36. The summed E-state index contributed by atoms with van der Waals surface area (Å²) < 4.78 is 30.8. The summed E-state index contributed by atoms with van der Waals surface area (Å²) in [6.45, 7) is 11.5. The van der Waals surface area contributed by atoms with Gasteiger partial charge in [-0.25, -0.2) is 0 Å². The first-order valence-corrected chi connectivity index (χ1v) is 9.36. The number of alkyl halides is 3. The van der Waals surface area contributed by atoms with Crippen LogP contribution in [0.25, 0.3) is 0 Å². The quantitative estimate of drug-likeness (QED) is 0.373. The lowest BCUT2D eigenvalue weighted by molar-refractivity contribution is 0.0990. The molecule has 0 aliphatic heterocycles. The second-order valence-electron chi connectivity index (χ2n) is 5.68. The molecule has 0 unspecified atom stereocenters. The first kappa shape index (κ1) is 16.5. The second-order valence-corrected chi connectivity index (χ2v) is 11.7. The predicted octanol–water partition coefficient (Wildman–Crippen LogP) is 5.17. The minimum atomic E-state index is -2.72. The Balaban J connectivity index is 3.75. The SMILES string of the molecule is CC(C)(C)[Si](C)(C)OCCCCC(F)(F)Br. The first-order valence-electron chi connectivity index (χ1n) is 5.66. The van der Waals surface area contributed by atoms with Gasteiger partial charge in [-0.15, -0.1) is 0 Å². The van der Waals surface area contributed by atoms with E-state index < -0.39 is 13.1 Å². The first-order chi connectivity index (χ1) is 6.96. The van der Waals surface area contributed by atoms with Crippen LogP contribution >= 0.6 is 15.9 Å². The summed E-state index contributed by atoms with van der Waals surface area (Å²) in [6.07, 6.45) is 1.08. The van der Waals surface area contributed by atoms with Crippen LogP contribution in [-0.4, -0.2) is 19.8 Å². The number of hydrogen-bond donors (Lipinski definition) is 0. The molecule has 0 saturated carbocycles. The summed E-state index contributed by atoms with van der Waals surface area (Å²) >= 11 is 2.34. The van der Waals surface area contributed by atoms with Crippen molar-refractivity contribution in [1.82, 2.24) is 0 Å². The Morgan fingerprint density at radius 2 is 1.62 bits per heavy atom. The van der Waals surface area contributed by atoms with E-state index in [-0.39, 0.29) is 11.5 Å². The van der Waals surface area contributed by atoms with Gasteiger partial charge in [-0.3, -0.25) is 0 Å². The van der Waals surface area contributed by atoms with Crippen molar-refractivity contribution in [3.63, 3.8) is 0 Å². The van der Waals surface area contributed by atoms with E-state index in [1.165, 1.54) is 0 Å². The van der Waals surface area contributed by atoms with Gasteiger partial charge < -0.3 is 4.43 Å². The Bertz CT molecular complexity index is 209. The molecule has 0 rings (SSSR count). The lowest BCUT2D eigenvalue weighted by Gasteiger charge is -2.36. The van der Waals surface area contributed by atoms with Gasteiger partial charge in [0.15, 0.2) is 8.32 Å². The molecule has 0 aliphatic rings. The Labute approximate surface area is 107 Å². The average molecular weight is 317 g/mol. The summed E-state index contributed by atoms with van der Waals surface area (Å²) in [5.41, 5.74) is 0. The largest absolute Gasteiger partial charge is 0.417 e. The number of rotatable bonds is 6. The summed E-state index contributed by atoms with van der Waals surface area (Å²) in [6, 6.07) is 0. The third kappa shape index (κ3) is 6.96. The molecule has 0 N–H and O–H groups in total. The maximum atomic E-state index is 12.5. The fourth-order valence-corrected chi connectivity index (χ4v) is 2.34. The molecule has 0 heterocycles. The highest BCUT2D eigenvalue weighted by molar-refractivity contribution is 9.09. The summed E-state index contributed by atoms with van der Waals surface area (Å²) in [5.74, 6) is 0. The maximum Gasteiger partial charge on any atom is 0.301 e. The van der Waals surface area contributed by atoms with Gasteiger partial charge in [0, 0.05) is 13.0 Å². The Kier molecular flexibility index (Phi) is 6.10. The van der Waals surface area contributed by atoms with Gasteiger partial charge in [0.25, 0.3) is 0 Å². The summed E-state index contributed by atoms with van der Waals surface area (Å²) in [4.78, 5) is -2.72. The minimum Gasteiger partial charge on any atom is -0.417 e. The topological polar surface area (TPSA) is 9.23 Å². The van der Waals surface area contributed by atoms with Gasteiger partial charge in [-0.05, 0) is 46.9 Å². The summed E-state index contributed by atoms with van der Waals surface area (Å²) in [7, 11) is -1.70. The molecule has 0 radical (unpaired) electrons. The van der Waals surface area contributed by atoms with Crippen LogP contribution in [0.5, 0.6) is 0 Å². The second kappa shape index (κ2) is 5.91. The molecule has 0 bridgehead atoms. The molecule has 98 valence electrons. The van der Waals surface area contributed by atoms with Gasteiger partial charge in [-0.1, -0.05) is 20.8 Å². The molecule has 16 heavy (non-hydrogen) atoms. The van der Waals surface area contributed by atoms with Gasteiger partial charge in [0.1, 0.15) is 0 Å². The van der Waals surface area contributed by atoms with Crippen LogP contribution in [-0.2, 0) is 4.43 Å². The van der Waals surface area contributed by atoms with Crippen LogP contribution in [0.4, 0.5) is 8.78 Å². The molecule has 0 amide bonds. The van der Waals surface area contributed by atoms with Crippen LogP contribution < -0.4 is 0 Å². The van der Waals surface area contributed by atoms with Gasteiger partial charge in [0.05, 0.1) is 0 Å². The van der Waals surface area contributed by atoms with Crippen molar-refractivity contribution in [3.8, 4) is 0 Å². The zero-order chi connectivity index (χ0) is 13.0. The predicted molar refractivity (Wildman–Crippen MR) is 70.9 cm³/mol. The Hall–Kier alpha value is 0.517. The lowest BCUT2D eigenvalue weighted by Crippen LogP contribution is -2.40. The Morgan fingerprint density at radius 1 is 1.12 bits per heavy atom. The average Bonchev–Trinajstić information content (AvgIpc) is 1.98. The maximum absolute atomic E-state index is 12.5. The zero-order valence-electron chi connectivity index (χ0n) is 10.9. The zero-order valence-corrected chi connectivity index (χ0v) is 13.5. The number of unbranched alkanes of at least 4 members (excludes halogenated alkanes) is 1. The molecule has 0 spiro atoms. The fraction of sp³-hybridized carbons (Fsp3) is 1.00. The Morgan fingerprint density at radius 3 is 2.00 bits per heavy atom. The molecular weight excluding hydrogens is 294 g/mol. The molecular formula is C11H23BrF2OSi. The van der Waals surface area contributed by atoms with Gasteiger partial charge in [0.2, 0.25) is 0 Å². The van der Waals surface area contributed by atoms with E-state index in [1.807, 2.05) is 0 Å². The molecule has 1 nitrogen and oxygen atoms in total. The molecule has 5 heteroatoms. The normalized spacial score (nSPS) is 14.2. The van der Waals surface area contributed by atoms with E-state index in [9.17, 15) is 8.78 Å². The van der Waals surface area contributed by atoms with Crippen molar-refractivity contribution >= 4 is 24.2 Å². The van der Waals surface area contributed by atoms with E-state index in [2.05, 4.69) is 49.8 Å². The van der Waals surface area contributed by atoms with Crippen molar-refractivity contribution in [2.45, 2.75) is 63.0 Å². The third-order valence-corrected chi connectivity index (χ3v) is 8.06. The van der Waals surface area contributed by atoms with Crippen molar-refractivity contribution in [3.05, 3.63) is 0 Å². The van der Waals surface area contributed by atoms with Crippen molar-refractivity contribution in [2.75, 3.05) is 6.61 Å². The smallest absolute Gasteiger partial charge is 0.301 e. The van der Waals surface area contributed by atoms with Crippen LogP contribution in [0.2, 0.25) is 18.1 Å². The summed E-state index contributed by atoms with van der Waals surface area (Å²) in [5, 5.41) is 0.187. The van der Waals surface area contributed by atoms with Crippen LogP contribution in [0.1, 0.15) is 40.0 Å². The third-order valence-electron chi connectivity index (χ3n) is 3.12. The van der Waals surface area contributed by atoms with Crippen molar-refractivity contribution < 1.29 is 13.2 Å². The minimum absolute atomic E-state index is 0.117. The highest BCUT2D eigenvalue weighted by Gasteiger charge is 2.36. The number of hydrogen-bond acceptors (Lipinski definition) is 1. The van der Waals surface area contributed by atoms with E-state index in [1.54, 1.807) is 0 Å². The van der Waals surface area contributed by atoms with Crippen LogP contribution in [0, 0.1) is 0 Å². The fourth-order valence-electron chi connectivity index (χ4n) is 0.971. The van der Waals surface area contributed by atoms with Crippen molar-refractivity contribution in [2.24, 2.45) is 0 Å². The van der Waals surface area contributed by atoms with Crippen LogP contribution in [0.3, 0.4) is 0 Å². The molecule has 0 saturated heterocycles. The molecule has 0 aromatic heterocycles. The van der Waals surface area contributed by atoms with E-state index >= 15 is 0 Å². The molecule has 0 fully saturated rings. The standard InChI is InChI=1S/C11H23BrF2OSi/c1-10(2,3)16(4,5)15-9-7-6-8-11(12,13)14/h6-9H2,1-5H3. The van der Waals surface area contributed by atoms with E-state index in [0.717, 1.165) is 0 Å². The van der Waals surface area contributed by atoms with Gasteiger partial charge in [-0.2, -0.15) is 8.78 Å². The molecule has 0 aliphatic carbocycles. The highest BCUT2D eigenvalue weighted by atomic mass is 79.9. The van der Waals surface area contributed by atoms with E-state index in [0.29, 0.717) is 19.4 Å². The molecule has 0 atom stereocenters. The monoisotopic (exact) mass is 316 g/mol. The van der Waals surface area contributed by atoms with Crippen molar-refractivity contribution in [1.29, 1.82) is 0 Å². The van der Waals surface area contributed by atoms with Crippen LogP contribution in [0.15, 0.2) is 0 Å². The molecule has 0 aromatic carbocycles. The van der Waals surface area contributed by atoms with E-state index in [4.69, 9.17) is 4.43 Å². The number of halogens is 3. The lowest BCUT2D eigenvalue weighted by atomic mass is 10.2.